The van der Waals surface area contributed by atoms with Crippen molar-refractivity contribution in [1.82, 2.24) is 0 Å². The molecule has 68 valence electrons. The van der Waals surface area contributed by atoms with E-state index in [1.165, 1.54) is 31.2 Å². The summed E-state index contributed by atoms with van der Waals surface area (Å²) >= 11 is 0. The maximum atomic E-state index is 3.77. The third-order valence-electron chi connectivity index (χ3n) is 2.79. The predicted molar refractivity (Wildman–Crippen MR) is 57.0 cm³/mol. The number of allylic oxidation sites excluding steroid dienone is 1. The molecule has 1 aromatic carbocycles. The van der Waals surface area contributed by atoms with Crippen LogP contribution in [0.4, 0.5) is 0 Å². The molecule has 1 aromatic rings. The number of hydrogen-bond donors (Lipinski definition) is 0. The van der Waals surface area contributed by atoms with Crippen LogP contribution in [0.2, 0.25) is 0 Å². The predicted octanol–water partition coefficient (Wildman–Crippen LogP) is 3.29. The van der Waals surface area contributed by atoms with Crippen LogP contribution in [0.1, 0.15) is 29.5 Å². The molecule has 0 amide bonds. The van der Waals surface area contributed by atoms with Gasteiger partial charge in [0.15, 0.2) is 0 Å². The van der Waals surface area contributed by atoms with E-state index in [-0.39, 0.29) is 0 Å². The first-order chi connectivity index (χ1) is 6.40. The summed E-state index contributed by atoms with van der Waals surface area (Å²) in [7, 11) is 0. The van der Waals surface area contributed by atoms with Gasteiger partial charge in [-0.15, -0.1) is 6.58 Å². The first kappa shape index (κ1) is 8.55. The van der Waals surface area contributed by atoms with Gasteiger partial charge in [-0.25, -0.2) is 0 Å². The molecule has 0 nitrogen and oxygen atoms in total. The fraction of sp³-hybridized carbons (Fsp3) is 0.385. The molecule has 0 fully saturated rings. The van der Waals surface area contributed by atoms with Gasteiger partial charge in [-0.2, -0.15) is 0 Å². The van der Waals surface area contributed by atoms with E-state index in [9.17, 15) is 0 Å². The maximum absolute atomic E-state index is 3.77. The number of hydrogen-bond acceptors (Lipinski definition) is 0. The van der Waals surface area contributed by atoms with Gasteiger partial charge in [0, 0.05) is 0 Å². The van der Waals surface area contributed by atoms with Crippen LogP contribution in [-0.4, -0.2) is 0 Å². The zero-order valence-electron chi connectivity index (χ0n) is 8.05. The van der Waals surface area contributed by atoms with Crippen LogP contribution in [0.5, 0.6) is 0 Å². The summed E-state index contributed by atoms with van der Waals surface area (Å²) in [6.07, 6.45) is 8.28. The zero-order chi connectivity index (χ0) is 9.10. The van der Waals surface area contributed by atoms with Crippen LogP contribution in [0.15, 0.2) is 30.9 Å². The van der Waals surface area contributed by atoms with Gasteiger partial charge in [-0.05, 0) is 48.8 Å². The van der Waals surface area contributed by atoms with Crippen molar-refractivity contribution >= 4 is 0 Å². The largest absolute Gasteiger partial charge is 0.103 e. The Labute approximate surface area is 80.3 Å². The van der Waals surface area contributed by atoms with Gasteiger partial charge in [-0.1, -0.05) is 24.3 Å². The summed E-state index contributed by atoms with van der Waals surface area (Å²) < 4.78 is 0. The molecule has 0 unspecified atom stereocenters. The lowest BCUT2D eigenvalue weighted by Crippen LogP contribution is -2.02. The highest BCUT2D eigenvalue weighted by Gasteiger charge is 2.08. The Morgan fingerprint density at radius 1 is 1.15 bits per heavy atom. The van der Waals surface area contributed by atoms with Gasteiger partial charge < -0.3 is 0 Å². The van der Waals surface area contributed by atoms with Crippen molar-refractivity contribution in [2.45, 2.75) is 32.1 Å². The third kappa shape index (κ3) is 1.82. The molecule has 0 radical (unpaired) electrons. The quantitative estimate of drug-likeness (QED) is 0.600. The number of rotatable bonds is 2. The van der Waals surface area contributed by atoms with Crippen LogP contribution < -0.4 is 0 Å². The van der Waals surface area contributed by atoms with E-state index < -0.39 is 0 Å². The van der Waals surface area contributed by atoms with Crippen molar-refractivity contribution < 1.29 is 0 Å². The van der Waals surface area contributed by atoms with Gasteiger partial charge in [-0.3, -0.25) is 0 Å². The molecular weight excluding hydrogens is 156 g/mol. The topological polar surface area (TPSA) is 0 Å². The van der Waals surface area contributed by atoms with E-state index in [1.54, 1.807) is 11.1 Å². The van der Waals surface area contributed by atoms with Crippen LogP contribution in [0.25, 0.3) is 0 Å². The van der Waals surface area contributed by atoms with Gasteiger partial charge in [0.05, 0.1) is 0 Å². The molecule has 0 N–H and O–H groups in total. The summed E-state index contributed by atoms with van der Waals surface area (Å²) in [6.45, 7) is 3.77. The fourth-order valence-corrected chi connectivity index (χ4v) is 2.08. The second-order valence-electron chi connectivity index (χ2n) is 3.80. The molecule has 0 saturated carbocycles. The van der Waals surface area contributed by atoms with Gasteiger partial charge >= 0.3 is 0 Å². The average molecular weight is 172 g/mol. The molecule has 0 aromatic heterocycles. The summed E-state index contributed by atoms with van der Waals surface area (Å²) in [5.41, 5.74) is 4.56. The average Bonchev–Trinajstić information content (AvgIpc) is 2.18. The molecular formula is C13H16. The molecule has 2 rings (SSSR count). The lowest BCUT2D eigenvalue weighted by atomic mass is 9.90. The number of fused-ring (bicyclic) bond motifs is 1. The molecule has 1 aliphatic carbocycles. The van der Waals surface area contributed by atoms with Crippen LogP contribution >= 0.6 is 0 Å². The highest BCUT2D eigenvalue weighted by molar-refractivity contribution is 5.34. The lowest BCUT2D eigenvalue weighted by molar-refractivity contribution is 0.684. The minimum Gasteiger partial charge on any atom is -0.103 e. The molecule has 0 spiro atoms. The molecule has 0 atom stereocenters. The molecule has 0 heterocycles. The SMILES string of the molecule is C=CCc1ccc2c(c1)CCCC2. The standard InChI is InChI=1S/C13H16/c1-2-5-11-8-9-12-6-3-4-7-13(12)10-11/h2,8-10H,1,3-7H2. The molecule has 13 heavy (non-hydrogen) atoms. The van der Waals surface area contributed by atoms with E-state index >= 15 is 0 Å². The van der Waals surface area contributed by atoms with E-state index in [1.807, 2.05) is 6.08 Å². The smallest absolute Gasteiger partial charge is 0.0100 e. The van der Waals surface area contributed by atoms with Crippen molar-refractivity contribution in [1.29, 1.82) is 0 Å². The van der Waals surface area contributed by atoms with Gasteiger partial charge in [0.2, 0.25) is 0 Å². The normalized spacial score (nSPS) is 15.1. The third-order valence-corrected chi connectivity index (χ3v) is 2.79. The second-order valence-corrected chi connectivity index (χ2v) is 3.80. The first-order valence-corrected chi connectivity index (χ1v) is 5.12. The zero-order valence-corrected chi connectivity index (χ0v) is 8.05. The molecule has 0 bridgehead atoms. The summed E-state index contributed by atoms with van der Waals surface area (Å²) in [4.78, 5) is 0. The van der Waals surface area contributed by atoms with E-state index in [4.69, 9.17) is 0 Å². The van der Waals surface area contributed by atoms with E-state index in [0.29, 0.717) is 0 Å². The van der Waals surface area contributed by atoms with E-state index in [0.717, 1.165) is 6.42 Å². The number of benzene rings is 1. The van der Waals surface area contributed by atoms with Crippen LogP contribution in [0.3, 0.4) is 0 Å². The Morgan fingerprint density at radius 3 is 2.69 bits per heavy atom. The van der Waals surface area contributed by atoms with Crippen molar-refractivity contribution in [2.75, 3.05) is 0 Å². The van der Waals surface area contributed by atoms with Crippen molar-refractivity contribution in [3.63, 3.8) is 0 Å². The minimum absolute atomic E-state index is 1.01. The van der Waals surface area contributed by atoms with Crippen LogP contribution in [0, 0.1) is 0 Å². The highest BCUT2D eigenvalue weighted by Crippen LogP contribution is 2.22. The lowest BCUT2D eigenvalue weighted by Gasteiger charge is -2.16. The molecule has 1 aliphatic rings. The van der Waals surface area contributed by atoms with Crippen LogP contribution in [-0.2, 0) is 19.3 Å². The summed E-state index contributed by atoms with van der Waals surface area (Å²) in [6, 6.07) is 6.90. The molecule has 0 saturated heterocycles. The fourth-order valence-electron chi connectivity index (χ4n) is 2.08. The number of aryl methyl sites for hydroxylation is 2. The monoisotopic (exact) mass is 172 g/mol. The summed E-state index contributed by atoms with van der Waals surface area (Å²) in [5.74, 6) is 0. The Hall–Kier alpha value is -1.04. The van der Waals surface area contributed by atoms with Crippen molar-refractivity contribution in [3.8, 4) is 0 Å². The highest BCUT2D eigenvalue weighted by atomic mass is 14.1. The Balaban J connectivity index is 2.29. The Kier molecular flexibility index (Phi) is 2.49. The minimum atomic E-state index is 1.01. The summed E-state index contributed by atoms with van der Waals surface area (Å²) in [5, 5.41) is 0. The Bertz CT molecular complexity index is 310. The van der Waals surface area contributed by atoms with E-state index in [2.05, 4.69) is 24.8 Å². The maximum Gasteiger partial charge on any atom is -0.0100 e. The molecule has 0 aliphatic heterocycles. The molecule has 0 heteroatoms. The van der Waals surface area contributed by atoms with Gasteiger partial charge in [0.1, 0.15) is 0 Å². The van der Waals surface area contributed by atoms with Crippen molar-refractivity contribution in [2.24, 2.45) is 0 Å². The first-order valence-electron chi connectivity index (χ1n) is 5.12. The van der Waals surface area contributed by atoms with Gasteiger partial charge in [0.25, 0.3) is 0 Å². The van der Waals surface area contributed by atoms with Crippen molar-refractivity contribution in [3.05, 3.63) is 47.5 Å². The second kappa shape index (κ2) is 3.78. The Morgan fingerprint density at radius 2 is 1.92 bits per heavy atom.